The maximum absolute atomic E-state index is 13.5. The lowest BCUT2D eigenvalue weighted by molar-refractivity contribution is -0.661. The molecule has 0 fully saturated rings. The van der Waals surface area contributed by atoms with Crippen LogP contribution in [-0.2, 0) is 21.1 Å². The van der Waals surface area contributed by atoms with Gasteiger partial charge < -0.3 is 10.5 Å². The molecule has 4 rings (SSSR count). The molecule has 10 heteroatoms. The number of pyridine rings is 2. The highest BCUT2D eigenvalue weighted by molar-refractivity contribution is 7.91. The van der Waals surface area contributed by atoms with Crippen LogP contribution in [-0.4, -0.2) is 31.0 Å². The molecule has 0 aliphatic heterocycles. The number of nitrogens with two attached hydrogens (primary N) is 1. The summed E-state index contributed by atoms with van der Waals surface area (Å²) in [6.45, 7) is 5.11. The summed E-state index contributed by atoms with van der Waals surface area (Å²) in [5.41, 5.74) is 7.68. The summed E-state index contributed by atoms with van der Waals surface area (Å²) in [5, 5.41) is 0.576. The van der Waals surface area contributed by atoms with Crippen molar-refractivity contribution in [3.63, 3.8) is 0 Å². The second kappa shape index (κ2) is 9.09. The highest BCUT2D eigenvalue weighted by Crippen LogP contribution is 2.27. The fourth-order valence-corrected chi connectivity index (χ4v) is 5.27. The van der Waals surface area contributed by atoms with Gasteiger partial charge in [-0.2, -0.15) is 0 Å². The van der Waals surface area contributed by atoms with Crippen LogP contribution in [0.1, 0.15) is 18.9 Å². The Kier molecular flexibility index (Phi) is 6.38. The Balaban J connectivity index is 2.03. The van der Waals surface area contributed by atoms with E-state index in [2.05, 4.69) is 0 Å². The molecule has 0 radical (unpaired) electrons. The Morgan fingerprint density at radius 1 is 1.21 bits per heavy atom. The average molecular weight is 488 g/mol. The van der Waals surface area contributed by atoms with Gasteiger partial charge in [0.25, 0.3) is 11.2 Å². The highest BCUT2D eigenvalue weighted by atomic mass is 35.5. The first-order valence-electron chi connectivity index (χ1n) is 10.5. The lowest BCUT2D eigenvalue weighted by Crippen LogP contribution is -2.42. The molecule has 8 nitrogen and oxygen atoms in total. The summed E-state index contributed by atoms with van der Waals surface area (Å²) in [7, 11) is -4.03. The maximum Gasteiger partial charge on any atom is 0.278 e. The van der Waals surface area contributed by atoms with Crippen molar-refractivity contribution in [1.82, 2.24) is 9.38 Å². The third-order valence-corrected chi connectivity index (χ3v) is 7.48. The summed E-state index contributed by atoms with van der Waals surface area (Å²) in [5.74, 6) is 0.0128. The van der Waals surface area contributed by atoms with Crippen molar-refractivity contribution in [2.24, 2.45) is 0 Å². The number of hydrogen-bond donors (Lipinski definition) is 1. The summed E-state index contributed by atoms with van der Waals surface area (Å²) >= 11 is 5.93. The van der Waals surface area contributed by atoms with Crippen molar-refractivity contribution >= 4 is 43.9 Å². The summed E-state index contributed by atoms with van der Waals surface area (Å²) in [4.78, 5) is 17.9. The zero-order chi connectivity index (χ0) is 23.8. The van der Waals surface area contributed by atoms with Crippen LogP contribution in [0.5, 0.6) is 0 Å². The van der Waals surface area contributed by atoms with Crippen molar-refractivity contribution in [3.8, 4) is 0 Å². The van der Waals surface area contributed by atoms with E-state index in [4.69, 9.17) is 27.1 Å². The van der Waals surface area contributed by atoms with Crippen LogP contribution in [0.3, 0.4) is 0 Å². The normalized spacial score (nSPS) is 12.0. The Hall–Kier alpha value is -3.01. The summed E-state index contributed by atoms with van der Waals surface area (Å²) < 4.78 is 35.4. The van der Waals surface area contributed by atoms with E-state index in [-0.39, 0.29) is 26.6 Å². The van der Waals surface area contributed by atoms with E-state index in [0.29, 0.717) is 42.5 Å². The number of fused-ring (bicyclic) bond motifs is 2. The second-order valence-electron chi connectivity index (χ2n) is 7.59. The zero-order valence-corrected chi connectivity index (χ0v) is 19.9. The summed E-state index contributed by atoms with van der Waals surface area (Å²) in [6.07, 6.45) is 2.18. The largest absolute Gasteiger partial charge is 0.382 e. The third-order valence-electron chi connectivity index (χ3n) is 5.43. The van der Waals surface area contributed by atoms with Crippen molar-refractivity contribution in [2.45, 2.75) is 36.6 Å². The molecule has 0 atom stereocenters. The van der Waals surface area contributed by atoms with Gasteiger partial charge in [-0.05, 0) is 50.2 Å². The van der Waals surface area contributed by atoms with Gasteiger partial charge in [0.2, 0.25) is 21.3 Å². The first-order chi connectivity index (χ1) is 15.8. The van der Waals surface area contributed by atoms with Crippen molar-refractivity contribution in [2.75, 3.05) is 18.9 Å². The molecule has 3 aromatic heterocycles. The minimum absolute atomic E-state index is 0.0128. The smallest absolute Gasteiger partial charge is 0.278 e. The lowest BCUT2D eigenvalue weighted by atomic mass is 10.2. The third kappa shape index (κ3) is 4.19. The molecule has 0 spiro atoms. The van der Waals surface area contributed by atoms with Gasteiger partial charge in [-0.15, -0.1) is 0 Å². The van der Waals surface area contributed by atoms with Crippen LogP contribution in [0.4, 0.5) is 5.82 Å². The molecular formula is C23H24ClN4O4S+. The van der Waals surface area contributed by atoms with E-state index in [1.165, 1.54) is 34.7 Å². The van der Waals surface area contributed by atoms with Gasteiger partial charge in [0.1, 0.15) is 10.3 Å². The fraction of sp³-hybridized carbons (Fsp3) is 0.261. The van der Waals surface area contributed by atoms with Crippen molar-refractivity contribution in [1.29, 1.82) is 0 Å². The van der Waals surface area contributed by atoms with Gasteiger partial charge >= 0.3 is 0 Å². The average Bonchev–Trinajstić information content (AvgIpc) is 2.79. The number of aromatic nitrogens is 3. The van der Waals surface area contributed by atoms with Crippen LogP contribution in [0.25, 0.3) is 16.7 Å². The summed E-state index contributed by atoms with van der Waals surface area (Å²) in [6, 6.07) is 10.7. The molecule has 0 aliphatic rings. The van der Waals surface area contributed by atoms with Crippen LogP contribution < -0.4 is 15.9 Å². The number of hydrogen-bond acceptors (Lipinski definition) is 6. The van der Waals surface area contributed by atoms with E-state index in [1.54, 1.807) is 16.8 Å². The maximum atomic E-state index is 13.5. The van der Waals surface area contributed by atoms with Gasteiger partial charge in [0, 0.05) is 36.4 Å². The highest BCUT2D eigenvalue weighted by Gasteiger charge is 2.29. The number of rotatable bonds is 7. The minimum Gasteiger partial charge on any atom is -0.382 e. The second-order valence-corrected chi connectivity index (χ2v) is 9.95. The topological polar surface area (TPSA) is 108 Å². The number of nitrogen functional groups attached to an aromatic ring is 1. The Labute approximate surface area is 196 Å². The molecule has 0 aliphatic carbocycles. The SMILES string of the molecule is CCOCCC[n+]1c(N)c(S(=O)(=O)c2ccc(Cl)cc2)cc2c(=O)n3cccc(C)c3nc21. The molecule has 2 N–H and O–H groups in total. The lowest BCUT2D eigenvalue weighted by Gasteiger charge is -2.13. The van der Waals surface area contributed by atoms with Crippen LogP contribution in [0, 0.1) is 6.92 Å². The first-order valence-corrected chi connectivity index (χ1v) is 12.3. The van der Waals surface area contributed by atoms with Gasteiger partial charge in [-0.25, -0.2) is 13.0 Å². The molecule has 0 saturated heterocycles. The minimum atomic E-state index is -4.03. The molecular weight excluding hydrogens is 464 g/mol. The van der Waals surface area contributed by atoms with E-state index in [1.807, 2.05) is 19.9 Å². The number of ether oxygens (including phenoxy) is 1. The van der Waals surface area contributed by atoms with E-state index < -0.39 is 9.84 Å². The van der Waals surface area contributed by atoms with Gasteiger partial charge in [0.15, 0.2) is 0 Å². The van der Waals surface area contributed by atoms with Crippen molar-refractivity contribution < 1.29 is 17.7 Å². The molecule has 0 unspecified atom stereocenters. The predicted octanol–water partition coefficient (Wildman–Crippen LogP) is 2.94. The number of anilines is 1. The monoisotopic (exact) mass is 487 g/mol. The number of nitrogens with zero attached hydrogens (tertiary/aromatic N) is 3. The molecule has 0 amide bonds. The predicted molar refractivity (Wildman–Crippen MR) is 126 cm³/mol. The molecule has 1 aromatic carbocycles. The van der Waals surface area contributed by atoms with Crippen LogP contribution in [0.2, 0.25) is 5.02 Å². The first kappa shape index (κ1) is 23.2. The van der Waals surface area contributed by atoms with E-state index in [0.717, 1.165) is 5.56 Å². The molecule has 172 valence electrons. The molecule has 4 aromatic rings. The van der Waals surface area contributed by atoms with Crippen LogP contribution in [0.15, 0.2) is 63.2 Å². The molecule has 33 heavy (non-hydrogen) atoms. The van der Waals surface area contributed by atoms with Gasteiger partial charge in [0.05, 0.1) is 11.4 Å². The standard InChI is InChI=1S/C23H23ClN4O4S/c1-3-32-13-5-12-27-20(25)19(33(30,31)17-9-7-16(24)8-10-17)14-18-22(27)26-21-15(2)6-4-11-28(21)23(18)29/h4,6-11,14,25H,3,5,12-13H2,1-2H3/p+1. The van der Waals surface area contributed by atoms with Gasteiger partial charge in [-0.3, -0.25) is 9.20 Å². The molecule has 0 bridgehead atoms. The van der Waals surface area contributed by atoms with E-state index in [9.17, 15) is 13.2 Å². The quantitative estimate of drug-likeness (QED) is 0.244. The number of sulfone groups is 1. The van der Waals surface area contributed by atoms with Crippen LogP contribution >= 0.6 is 11.6 Å². The number of aryl methyl sites for hydroxylation is 2. The molecule has 0 saturated carbocycles. The van der Waals surface area contributed by atoms with Crippen molar-refractivity contribution in [3.05, 3.63) is 69.6 Å². The van der Waals surface area contributed by atoms with Gasteiger partial charge in [-0.1, -0.05) is 22.7 Å². The Morgan fingerprint density at radius 2 is 1.94 bits per heavy atom. The number of benzene rings is 1. The van der Waals surface area contributed by atoms with E-state index >= 15 is 0 Å². The fourth-order valence-electron chi connectivity index (χ4n) is 3.74. The zero-order valence-electron chi connectivity index (χ0n) is 18.3. The Bertz CT molecular complexity index is 1520. The Morgan fingerprint density at radius 3 is 2.64 bits per heavy atom. The molecule has 3 heterocycles. The number of halogens is 1.